The Balaban J connectivity index is 1.93. The molecule has 1 aliphatic heterocycles. The van der Waals surface area contributed by atoms with Gasteiger partial charge in [-0.05, 0) is 26.1 Å². The summed E-state index contributed by atoms with van der Waals surface area (Å²) in [5, 5.41) is 3.72. The first-order chi connectivity index (χ1) is 9.56. The number of carbonyl (C=O) groups excluding carboxylic acids is 1. The standard InChI is InChI=1S/C14H18N4O2/c1-17-6-4-9(7-17)16-13(19)11-8-18(2)14(20)12-10(11)3-5-15-12/h3,5,8-9,15H,4,6-7H2,1-2H3,(H,16,19). The Labute approximate surface area is 116 Å². The van der Waals surface area contributed by atoms with Crippen molar-refractivity contribution in [3.63, 3.8) is 0 Å². The van der Waals surface area contributed by atoms with E-state index in [1.165, 1.54) is 4.57 Å². The molecule has 1 unspecified atom stereocenters. The van der Waals surface area contributed by atoms with Crippen molar-refractivity contribution in [2.75, 3.05) is 20.1 Å². The highest BCUT2D eigenvalue weighted by atomic mass is 16.2. The van der Waals surface area contributed by atoms with Crippen molar-refractivity contribution < 1.29 is 4.79 Å². The Hall–Kier alpha value is -2.08. The Morgan fingerprint density at radius 1 is 1.45 bits per heavy atom. The van der Waals surface area contributed by atoms with Crippen LogP contribution in [-0.4, -0.2) is 46.5 Å². The van der Waals surface area contributed by atoms with Gasteiger partial charge in [-0.3, -0.25) is 9.59 Å². The molecule has 2 N–H and O–H groups in total. The van der Waals surface area contributed by atoms with Gasteiger partial charge in [0.25, 0.3) is 11.5 Å². The third-order valence-corrected chi connectivity index (χ3v) is 3.87. The number of nitrogens with one attached hydrogen (secondary N) is 2. The van der Waals surface area contributed by atoms with Gasteiger partial charge in [0.05, 0.1) is 5.56 Å². The summed E-state index contributed by atoms with van der Waals surface area (Å²) in [5.41, 5.74) is 0.892. The van der Waals surface area contributed by atoms with Crippen LogP contribution in [0.4, 0.5) is 0 Å². The van der Waals surface area contributed by atoms with E-state index < -0.39 is 0 Å². The number of likely N-dealkylation sites (N-methyl/N-ethyl adjacent to an activating group) is 1. The highest BCUT2D eigenvalue weighted by Gasteiger charge is 2.23. The van der Waals surface area contributed by atoms with Crippen molar-refractivity contribution in [2.24, 2.45) is 7.05 Å². The van der Waals surface area contributed by atoms with Crippen molar-refractivity contribution in [1.29, 1.82) is 0 Å². The van der Waals surface area contributed by atoms with Crippen molar-refractivity contribution in [2.45, 2.75) is 12.5 Å². The molecular weight excluding hydrogens is 256 g/mol. The highest BCUT2D eigenvalue weighted by molar-refractivity contribution is 6.06. The normalized spacial score (nSPS) is 19.6. The minimum atomic E-state index is -0.123. The van der Waals surface area contributed by atoms with E-state index in [1.54, 1.807) is 25.5 Å². The lowest BCUT2D eigenvalue weighted by atomic mass is 10.1. The van der Waals surface area contributed by atoms with Crippen molar-refractivity contribution in [1.82, 2.24) is 19.8 Å². The average Bonchev–Trinajstić information content (AvgIpc) is 3.03. The lowest BCUT2D eigenvalue weighted by Crippen LogP contribution is -2.37. The average molecular weight is 274 g/mol. The van der Waals surface area contributed by atoms with E-state index >= 15 is 0 Å². The molecule has 20 heavy (non-hydrogen) atoms. The third-order valence-electron chi connectivity index (χ3n) is 3.87. The second-order valence-electron chi connectivity index (χ2n) is 5.45. The van der Waals surface area contributed by atoms with Gasteiger partial charge in [-0.2, -0.15) is 0 Å². The second kappa shape index (κ2) is 4.79. The van der Waals surface area contributed by atoms with E-state index in [2.05, 4.69) is 15.2 Å². The van der Waals surface area contributed by atoms with Gasteiger partial charge in [0.15, 0.2) is 0 Å². The van der Waals surface area contributed by atoms with Crippen LogP contribution in [0, 0.1) is 0 Å². The summed E-state index contributed by atoms with van der Waals surface area (Å²) >= 11 is 0. The number of fused-ring (bicyclic) bond motifs is 1. The fourth-order valence-electron chi connectivity index (χ4n) is 2.77. The van der Waals surface area contributed by atoms with Gasteiger partial charge in [-0.15, -0.1) is 0 Å². The summed E-state index contributed by atoms with van der Waals surface area (Å²) in [7, 11) is 3.70. The lowest BCUT2D eigenvalue weighted by Gasteiger charge is -2.14. The van der Waals surface area contributed by atoms with Gasteiger partial charge in [-0.25, -0.2) is 0 Å². The van der Waals surface area contributed by atoms with Crippen molar-refractivity contribution in [3.05, 3.63) is 34.4 Å². The zero-order chi connectivity index (χ0) is 14.3. The quantitative estimate of drug-likeness (QED) is 0.827. The summed E-state index contributed by atoms with van der Waals surface area (Å²) in [6.07, 6.45) is 4.25. The van der Waals surface area contributed by atoms with Crippen LogP contribution in [0.2, 0.25) is 0 Å². The first-order valence-corrected chi connectivity index (χ1v) is 6.72. The Kier molecular flexibility index (Phi) is 3.10. The first-order valence-electron chi connectivity index (χ1n) is 6.72. The fraction of sp³-hybridized carbons (Fsp3) is 0.429. The number of pyridine rings is 1. The molecule has 0 aromatic carbocycles. The van der Waals surface area contributed by atoms with Crippen molar-refractivity contribution in [3.8, 4) is 0 Å². The van der Waals surface area contributed by atoms with E-state index in [-0.39, 0.29) is 17.5 Å². The van der Waals surface area contributed by atoms with Crippen LogP contribution in [0.5, 0.6) is 0 Å². The number of carbonyl (C=O) groups is 1. The van der Waals surface area contributed by atoms with Gasteiger partial charge < -0.3 is 19.8 Å². The number of aryl methyl sites for hydroxylation is 1. The van der Waals surface area contributed by atoms with E-state index in [0.29, 0.717) is 16.5 Å². The summed E-state index contributed by atoms with van der Waals surface area (Å²) in [5.74, 6) is -0.120. The SMILES string of the molecule is CN1CCC(NC(=O)c2cn(C)c(=O)c3[nH]ccc23)C1. The van der Waals surface area contributed by atoms with Crippen LogP contribution in [0.1, 0.15) is 16.8 Å². The van der Waals surface area contributed by atoms with E-state index in [0.717, 1.165) is 19.5 Å². The molecule has 1 saturated heterocycles. The maximum atomic E-state index is 12.4. The number of hydrogen-bond acceptors (Lipinski definition) is 3. The van der Waals surface area contributed by atoms with Crippen molar-refractivity contribution >= 4 is 16.8 Å². The topological polar surface area (TPSA) is 70.1 Å². The number of rotatable bonds is 2. The summed E-state index contributed by atoms with van der Waals surface area (Å²) < 4.78 is 1.44. The zero-order valence-electron chi connectivity index (χ0n) is 11.6. The third kappa shape index (κ3) is 2.12. The molecule has 1 fully saturated rings. The van der Waals surface area contributed by atoms with E-state index in [9.17, 15) is 9.59 Å². The maximum absolute atomic E-state index is 12.4. The Morgan fingerprint density at radius 2 is 2.25 bits per heavy atom. The number of nitrogens with zero attached hydrogens (tertiary/aromatic N) is 2. The van der Waals surface area contributed by atoms with Gasteiger partial charge >= 0.3 is 0 Å². The molecule has 6 nitrogen and oxygen atoms in total. The highest BCUT2D eigenvalue weighted by Crippen LogP contribution is 2.15. The molecule has 3 rings (SSSR count). The summed E-state index contributed by atoms with van der Waals surface area (Å²) in [6.45, 7) is 1.87. The molecule has 6 heteroatoms. The summed E-state index contributed by atoms with van der Waals surface area (Å²) in [4.78, 5) is 29.5. The van der Waals surface area contributed by atoms with Gasteiger partial charge in [0.2, 0.25) is 0 Å². The molecule has 2 aromatic heterocycles. The largest absolute Gasteiger partial charge is 0.357 e. The second-order valence-corrected chi connectivity index (χ2v) is 5.45. The van der Waals surface area contributed by atoms with Crippen LogP contribution in [0.3, 0.4) is 0 Å². The minimum absolute atomic E-state index is 0.120. The monoisotopic (exact) mass is 274 g/mol. The fourth-order valence-corrected chi connectivity index (χ4v) is 2.77. The van der Waals surface area contributed by atoms with E-state index in [4.69, 9.17) is 0 Å². The van der Waals surface area contributed by atoms with Crippen LogP contribution >= 0.6 is 0 Å². The number of aromatic nitrogens is 2. The zero-order valence-corrected chi connectivity index (χ0v) is 11.6. The van der Waals surface area contributed by atoms with E-state index in [1.807, 2.05) is 7.05 Å². The lowest BCUT2D eigenvalue weighted by molar-refractivity contribution is 0.0939. The maximum Gasteiger partial charge on any atom is 0.274 e. The van der Waals surface area contributed by atoms with Crippen LogP contribution in [0.25, 0.3) is 10.9 Å². The molecule has 2 aromatic rings. The number of amides is 1. The number of H-pyrrole nitrogens is 1. The molecule has 0 radical (unpaired) electrons. The molecule has 3 heterocycles. The number of likely N-dealkylation sites (tertiary alicyclic amines) is 1. The van der Waals surface area contributed by atoms with Gasteiger partial charge in [0, 0.05) is 37.4 Å². The molecule has 1 amide bonds. The Bertz CT molecular complexity index is 716. The number of hydrogen-bond donors (Lipinski definition) is 2. The Morgan fingerprint density at radius 3 is 2.95 bits per heavy atom. The minimum Gasteiger partial charge on any atom is -0.357 e. The first kappa shape index (κ1) is 12.9. The molecule has 0 spiro atoms. The smallest absolute Gasteiger partial charge is 0.274 e. The molecular formula is C14H18N4O2. The molecule has 0 bridgehead atoms. The van der Waals surface area contributed by atoms with Gasteiger partial charge in [-0.1, -0.05) is 0 Å². The molecule has 0 saturated carbocycles. The predicted octanol–water partition coefficient (Wildman–Crippen LogP) is 0.300. The van der Waals surface area contributed by atoms with Crippen LogP contribution in [0.15, 0.2) is 23.3 Å². The molecule has 106 valence electrons. The summed E-state index contributed by atoms with van der Waals surface area (Å²) in [6, 6.07) is 1.95. The van der Waals surface area contributed by atoms with Crippen LogP contribution < -0.4 is 10.9 Å². The molecule has 1 atom stereocenters. The number of aromatic amines is 1. The molecule has 1 aliphatic rings. The molecule has 0 aliphatic carbocycles. The van der Waals surface area contributed by atoms with Crippen LogP contribution in [-0.2, 0) is 7.05 Å². The van der Waals surface area contributed by atoms with Gasteiger partial charge in [0.1, 0.15) is 5.52 Å². The predicted molar refractivity (Wildman–Crippen MR) is 76.9 cm³/mol.